The van der Waals surface area contributed by atoms with Crippen LogP contribution in [-0.4, -0.2) is 10.1 Å². The van der Waals surface area contributed by atoms with Gasteiger partial charge in [0.2, 0.25) is 0 Å². The molecule has 0 aliphatic carbocycles. The van der Waals surface area contributed by atoms with Crippen LogP contribution >= 0.6 is 23.6 Å². The Hall–Kier alpha value is -1.91. The lowest BCUT2D eigenvalue weighted by Gasteiger charge is -2.08. The van der Waals surface area contributed by atoms with Crippen molar-refractivity contribution >= 4 is 38.6 Å². The number of rotatable bonds is 4. The van der Waals surface area contributed by atoms with Gasteiger partial charge in [0.25, 0.3) is 0 Å². The van der Waals surface area contributed by atoms with E-state index in [1.807, 2.05) is 12.1 Å². The van der Waals surface area contributed by atoms with E-state index in [0.29, 0.717) is 5.56 Å². The van der Waals surface area contributed by atoms with E-state index in [1.165, 1.54) is 15.6 Å². The van der Waals surface area contributed by atoms with Crippen molar-refractivity contribution in [2.45, 2.75) is 12.8 Å². The lowest BCUT2D eigenvalue weighted by molar-refractivity contribution is 0.467. The number of phenols is 1. The third-order valence-corrected chi connectivity index (χ3v) is 4.84. The Balaban J connectivity index is 1.85. The molecule has 0 bridgehead atoms. The minimum absolute atomic E-state index is 0.213. The summed E-state index contributed by atoms with van der Waals surface area (Å²) in [4.78, 5) is 0.232. The van der Waals surface area contributed by atoms with Gasteiger partial charge in [-0.3, -0.25) is 0 Å². The fourth-order valence-electron chi connectivity index (χ4n) is 2.49. The number of benzene rings is 2. The number of thiocarbonyl (C=S) groups is 1. The minimum Gasteiger partial charge on any atom is -0.507 e. The van der Waals surface area contributed by atoms with Gasteiger partial charge in [-0.1, -0.05) is 42.5 Å². The molecule has 3 N–H and O–H groups in total. The van der Waals surface area contributed by atoms with E-state index in [2.05, 4.69) is 29.6 Å². The first-order valence-electron chi connectivity index (χ1n) is 6.72. The molecule has 1 heterocycles. The van der Waals surface area contributed by atoms with Gasteiger partial charge in [-0.05, 0) is 46.9 Å². The molecule has 0 atom stereocenters. The van der Waals surface area contributed by atoms with E-state index in [-0.39, 0.29) is 10.7 Å². The predicted octanol–water partition coefficient (Wildman–Crippen LogP) is 4.03. The van der Waals surface area contributed by atoms with E-state index in [0.717, 1.165) is 18.4 Å². The molecule has 0 spiro atoms. The molecular formula is C17H15NOS2. The van der Waals surface area contributed by atoms with Gasteiger partial charge in [0.1, 0.15) is 10.7 Å². The van der Waals surface area contributed by atoms with Gasteiger partial charge >= 0.3 is 0 Å². The number of aryl methyl sites for hydroxylation is 2. The summed E-state index contributed by atoms with van der Waals surface area (Å²) in [7, 11) is 0. The van der Waals surface area contributed by atoms with Gasteiger partial charge in [0.05, 0.1) is 5.56 Å². The maximum absolute atomic E-state index is 10.2. The number of phenolic OH excluding ortho intramolecular Hbond substituents is 1. The summed E-state index contributed by atoms with van der Waals surface area (Å²) in [5.41, 5.74) is 8.38. The topological polar surface area (TPSA) is 46.2 Å². The summed E-state index contributed by atoms with van der Waals surface area (Å²) in [5.74, 6) is 0.213. The van der Waals surface area contributed by atoms with Crippen molar-refractivity contribution in [3.63, 3.8) is 0 Å². The average molecular weight is 313 g/mol. The second-order valence-corrected chi connectivity index (χ2v) is 6.29. The lowest BCUT2D eigenvalue weighted by atomic mass is 10.0. The van der Waals surface area contributed by atoms with Crippen molar-refractivity contribution < 1.29 is 5.11 Å². The highest BCUT2D eigenvalue weighted by atomic mass is 32.1. The Bertz CT molecular complexity index is 807. The molecule has 0 saturated carbocycles. The number of thiophene rings is 1. The summed E-state index contributed by atoms with van der Waals surface area (Å²) in [6.07, 6.45) is 1.65. The smallest absolute Gasteiger partial charge is 0.128 e. The Morgan fingerprint density at radius 1 is 1.05 bits per heavy atom. The highest BCUT2D eigenvalue weighted by Gasteiger charge is 2.10. The number of para-hydroxylation sites is 1. The number of fused-ring (bicyclic) bond motifs is 1. The molecule has 0 aliphatic rings. The second-order valence-electron chi connectivity index (χ2n) is 4.93. The standard InChI is InChI=1S/C17H15NOS2/c18-17(20)14-6-3-4-11(16(14)19)8-9-12-10-21-15-7-2-1-5-13(12)15/h1-7,10,19H,8-9H2,(H2,18,20). The summed E-state index contributed by atoms with van der Waals surface area (Å²) in [6, 6.07) is 14.0. The van der Waals surface area contributed by atoms with Crippen LogP contribution in [0.3, 0.4) is 0 Å². The SMILES string of the molecule is NC(=S)c1cccc(CCc2csc3ccccc23)c1O. The molecule has 3 aromatic rings. The van der Waals surface area contributed by atoms with Gasteiger partial charge in [-0.15, -0.1) is 11.3 Å². The normalized spacial score (nSPS) is 10.9. The van der Waals surface area contributed by atoms with Crippen molar-refractivity contribution in [2.75, 3.05) is 0 Å². The summed E-state index contributed by atoms with van der Waals surface area (Å²) in [5, 5.41) is 13.7. The molecule has 0 saturated heterocycles. The van der Waals surface area contributed by atoms with Crippen molar-refractivity contribution in [3.05, 3.63) is 64.5 Å². The molecular weight excluding hydrogens is 298 g/mol. The van der Waals surface area contributed by atoms with E-state index in [1.54, 1.807) is 17.4 Å². The average Bonchev–Trinajstić information content (AvgIpc) is 2.89. The van der Waals surface area contributed by atoms with Crippen molar-refractivity contribution in [1.29, 1.82) is 0 Å². The highest BCUT2D eigenvalue weighted by molar-refractivity contribution is 7.80. The number of nitrogens with two attached hydrogens (primary N) is 1. The quantitative estimate of drug-likeness (QED) is 0.715. The van der Waals surface area contributed by atoms with E-state index in [4.69, 9.17) is 18.0 Å². The molecule has 0 amide bonds. The summed E-state index contributed by atoms with van der Waals surface area (Å²) < 4.78 is 1.30. The summed E-state index contributed by atoms with van der Waals surface area (Å²) >= 11 is 6.71. The molecule has 0 fully saturated rings. The molecule has 0 unspecified atom stereocenters. The van der Waals surface area contributed by atoms with Crippen LogP contribution in [0, 0.1) is 0 Å². The zero-order chi connectivity index (χ0) is 14.8. The predicted molar refractivity (Wildman–Crippen MR) is 93.2 cm³/mol. The molecule has 3 rings (SSSR count). The molecule has 21 heavy (non-hydrogen) atoms. The van der Waals surface area contributed by atoms with Crippen LogP contribution in [0.2, 0.25) is 0 Å². The largest absolute Gasteiger partial charge is 0.507 e. The van der Waals surface area contributed by atoms with E-state index >= 15 is 0 Å². The van der Waals surface area contributed by atoms with Crippen LogP contribution in [0.15, 0.2) is 47.8 Å². The second kappa shape index (κ2) is 5.84. The van der Waals surface area contributed by atoms with Crippen LogP contribution in [0.1, 0.15) is 16.7 Å². The van der Waals surface area contributed by atoms with Crippen LogP contribution in [-0.2, 0) is 12.8 Å². The molecule has 2 aromatic carbocycles. The van der Waals surface area contributed by atoms with Gasteiger partial charge in [0, 0.05) is 4.70 Å². The zero-order valence-electron chi connectivity index (χ0n) is 11.4. The molecule has 1 aromatic heterocycles. The number of hydrogen-bond donors (Lipinski definition) is 2. The maximum Gasteiger partial charge on any atom is 0.128 e. The van der Waals surface area contributed by atoms with Crippen molar-refractivity contribution in [2.24, 2.45) is 5.73 Å². The maximum atomic E-state index is 10.2. The molecule has 2 nitrogen and oxygen atoms in total. The Kier molecular flexibility index (Phi) is 3.90. The minimum atomic E-state index is 0.213. The first kappa shape index (κ1) is 14.0. The fourth-order valence-corrected chi connectivity index (χ4v) is 3.65. The first-order valence-corrected chi connectivity index (χ1v) is 8.01. The third kappa shape index (κ3) is 2.77. The monoisotopic (exact) mass is 313 g/mol. The molecule has 0 aliphatic heterocycles. The van der Waals surface area contributed by atoms with E-state index in [9.17, 15) is 5.11 Å². The van der Waals surface area contributed by atoms with Gasteiger partial charge in [-0.2, -0.15) is 0 Å². The number of aromatic hydroxyl groups is 1. The fraction of sp³-hybridized carbons (Fsp3) is 0.118. The van der Waals surface area contributed by atoms with Crippen LogP contribution in [0.4, 0.5) is 0 Å². The van der Waals surface area contributed by atoms with Gasteiger partial charge in [0.15, 0.2) is 0 Å². The Morgan fingerprint density at radius 2 is 1.81 bits per heavy atom. The van der Waals surface area contributed by atoms with Crippen LogP contribution in [0.25, 0.3) is 10.1 Å². The highest BCUT2D eigenvalue weighted by Crippen LogP contribution is 2.28. The molecule has 0 radical (unpaired) electrons. The van der Waals surface area contributed by atoms with Crippen LogP contribution < -0.4 is 5.73 Å². The van der Waals surface area contributed by atoms with Crippen molar-refractivity contribution in [1.82, 2.24) is 0 Å². The Labute approximate surface area is 132 Å². The molecule has 4 heteroatoms. The van der Waals surface area contributed by atoms with E-state index < -0.39 is 0 Å². The summed E-state index contributed by atoms with van der Waals surface area (Å²) in [6.45, 7) is 0. The number of hydrogen-bond acceptors (Lipinski definition) is 3. The lowest BCUT2D eigenvalue weighted by Crippen LogP contribution is -2.10. The molecule has 106 valence electrons. The van der Waals surface area contributed by atoms with Gasteiger partial charge in [-0.25, -0.2) is 0 Å². The van der Waals surface area contributed by atoms with Crippen LogP contribution in [0.5, 0.6) is 5.75 Å². The first-order chi connectivity index (χ1) is 10.2. The Morgan fingerprint density at radius 3 is 2.62 bits per heavy atom. The van der Waals surface area contributed by atoms with Gasteiger partial charge < -0.3 is 10.8 Å². The third-order valence-electron chi connectivity index (χ3n) is 3.61. The zero-order valence-corrected chi connectivity index (χ0v) is 13.0. The van der Waals surface area contributed by atoms with Crippen molar-refractivity contribution in [3.8, 4) is 5.75 Å².